The van der Waals surface area contributed by atoms with E-state index in [2.05, 4.69) is 30.0 Å². The van der Waals surface area contributed by atoms with E-state index in [1.165, 1.54) is 5.56 Å². The highest BCUT2D eigenvalue weighted by atomic mass is 16.5. The third-order valence-electron chi connectivity index (χ3n) is 3.36. The summed E-state index contributed by atoms with van der Waals surface area (Å²) in [5.41, 5.74) is 9.34. The number of nitrogens with two attached hydrogens (primary N) is 1. The summed E-state index contributed by atoms with van der Waals surface area (Å²) in [5, 5.41) is 0. The van der Waals surface area contributed by atoms with Gasteiger partial charge >= 0.3 is 0 Å². The first kappa shape index (κ1) is 15.4. The molecular formula is C18H24N2O. The van der Waals surface area contributed by atoms with Crippen LogP contribution >= 0.6 is 0 Å². The van der Waals surface area contributed by atoms with Gasteiger partial charge in [0.15, 0.2) is 0 Å². The molecule has 0 bridgehead atoms. The van der Waals surface area contributed by atoms with Gasteiger partial charge in [0.25, 0.3) is 0 Å². The largest absolute Gasteiger partial charge is 0.457 e. The number of hydrogen-bond acceptors (Lipinski definition) is 3. The Hall–Kier alpha value is -2.00. The molecule has 0 aliphatic heterocycles. The second-order valence-electron chi connectivity index (χ2n) is 5.78. The quantitative estimate of drug-likeness (QED) is 0.909. The standard InChI is InChI=1S/C18H24N2O/c1-13-10-15(11-14(2)19)8-9-18(13)21-17-7-5-6-16(12-17)20(3)4/h5-10,12,14H,11,19H2,1-4H3. The number of nitrogens with zero attached hydrogens (tertiary/aromatic N) is 1. The van der Waals surface area contributed by atoms with Gasteiger partial charge < -0.3 is 15.4 Å². The molecule has 0 fully saturated rings. The summed E-state index contributed by atoms with van der Waals surface area (Å²) in [5.74, 6) is 1.74. The average molecular weight is 284 g/mol. The van der Waals surface area contributed by atoms with Crippen LogP contribution in [-0.2, 0) is 6.42 Å². The lowest BCUT2D eigenvalue weighted by atomic mass is 10.0. The normalized spacial score (nSPS) is 12.0. The lowest BCUT2D eigenvalue weighted by Crippen LogP contribution is -2.17. The maximum absolute atomic E-state index is 6.00. The Morgan fingerprint density at radius 1 is 1.14 bits per heavy atom. The molecule has 3 heteroatoms. The molecule has 2 rings (SSSR count). The highest BCUT2D eigenvalue weighted by molar-refractivity contribution is 5.51. The van der Waals surface area contributed by atoms with Gasteiger partial charge in [-0.2, -0.15) is 0 Å². The van der Waals surface area contributed by atoms with Crippen molar-refractivity contribution >= 4 is 5.69 Å². The summed E-state index contributed by atoms with van der Waals surface area (Å²) < 4.78 is 6.00. The Morgan fingerprint density at radius 2 is 1.90 bits per heavy atom. The third kappa shape index (κ3) is 4.23. The van der Waals surface area contributed by atoms with Gasteiger partial charge in [0, 0.05) is 31.9 Å². The average Bonchev–Trinajstić information content (AvgIpc) is 2.41. The molecule has 0 aliphatic rings. The van der Waals surface area contributed by atoms with Gasteiger partial charge in [-0.1, -0.05) is 18.2 Å². The highest BCUT2D eigenvalue weighted by Crippen LogP contribution is 2.28. The van der Waals surface area contributed by atoms with Gasteiger partial charge in [-0.3, -0.25) is 0 Å². The first-order valence-corrected chi connectivity index (χ1v) is 7.26. The molecule has 21 heavy (non-hydrogen) atoms. The number of hydrogen-bond donors (Lipinski definition) is 1. The van der Waals surface area contributed by atoms with Gasteiger partial charge in [-0.05, 0) is 49.6 Å². The van der Waals surface area contributed by atoms with E-state index in [-0.39, 0.29) is 6.04 Å². The van der Waals surface area contributed by atoms with E-state index in [1.807, 2.05) is 45.3 Å². The van der Waals surface area contributed by atoms with Crippen LogP contribution in [0, 0.1) is 6.92 Å². The number of rotatable bonds is 5. The second kappa shape index (κ2) is 6.64. The molecule has 1 unspecified atom stereocenters. The minimum atomic E-state index is 0.174. The van der Waals surface area contributed by atoms with Crippen LogP contribution in [0.4, 0.5) is 5.69 Å². The predicted molar refractivity (Wildman–Crippen MR) is 89.4 cm³/mol. The fourth-order valence-electron chi connectivity index (χ4n) is 2.28. The van der Waals surface area contributed by atoms with E-state index in [0.717, 1.165) is 29.2 Å². The summed E-state index contributed by atoms with van der Waals surface area (Å²) in [6, 6.07) is 14.5. The lowest BCUT2D eigenvalue weighted by Gasteiger charge is -2.15. The fourth-order valence-corrected chi connectivity index (χ4v) is 2.28. The fraction of sp³-hybridized carbons (Fsp3) is 0.333. The first-order valence-electron chi connectivity index (χ1n) is 7.26. The Morgan fingerprint density at radius 3 is 2.52 bits per heavy atom. The minimum absolute atomic E-state index is 0.174. The number of anilines is 1. The molecule has 0 aromatic heterocycles. The smallest absolute Gasteiger partial charge is 0.130 e. The monoisotopic (exact) mass is 284 g/mol. The molecule has 2 N–H and O–H groups in total. The molecule has 0 amide bonds. The van der Waals surface area contributed by atoms with E-state index < -0.39 is 0 Å². The van der Waals surface area contributed by atoms with Crippen molar-refractivity contribution in [1.82, 2.24) is 0 Å². The Bertz CT molecular complexity index is 606. The zero-order chi connectivity index (χ0) is 15.4. The lowest BCUT2D eigenvalue weighted by molar-refractivity contribution is 0.478. The van der Waals surface area contributed by atoms with Gasteiger partial charge in [0.2, 0.25) is 0 Å². The molecule has 2 aromatic carbocycles. The summed E-state index contributed by atoms with van der Waals surface area (Å²) in [6.45, 7) is 4.09. The first-order chi connectivity index (χ1) is 9.95. The Kier molecular flexibility index (Phi) is 4.86. The minimum Gasteiger partial charge on any atom is -0.457 e. The maximum atomic E-state index is 6.00. The van der Waals surface area contributed by atoms with Gasteiger partial charge in [-0.15, -0.1) is 0 Å². The number of aryl methyl sites for hydroxylation is 1. The Labute approximate surface area is 127 Å². The summed E-state index contributed by atoms with van der Waals surface area (Å²) in [4.78, 5) is 2.06. The van der Waals surface area contributed by atoms with Crippen LogP contribution in [-0.4, -0.2) is 20.1 Å². The van der Waals surface area contributed by atoms with Crippen LogP contribution in [0.2, 0.25) is 0 Å². The van der Waals surface area contributed by atoms with E-state index in [0.29, 0.717) is 0 Å². The molecule has 0 saturated carbocycles. The van der Waals surface area contributed by atoms with Crippen molar-refractivity contribution in [2.24, 2.45) is 5.73 Å². The van der Waals surface area contributed by atoms with E-state index in [9.17, 15) is 0 Å². The van der Waals surface area contributed by atoms with Crippen molar-refractivity contribution in [3.8, 4) is 11.5 Å². The molecule has 1 atom stereocenters. The molecular weight excluding hydrogens is 260 g/mol. The van der Waals surface area contributed by atoms with Crippen molar-refractivity contribution in [2.75, 3.05) is 19.0 Å². The molecule has 2 aromatic rings. The molecule has 0 saturated heterocycles. The molecule has 112 valence electrons. The third-order valence-corrected chi connectivity index (χ3v) is 3.36. The van der Waals surface area contributed by atoms with Crippen molar-refractivity contribution in [1.29, 1.82) is 0 Å². The molecule has 0 heterocycles. The molecule has 0 radical (unpaired) electrons. The van der Waals surface area contributed by atoms with Crippen molar-refractivity contribution < 1.29 is 4.74 Å². The van der Waals surface area contributed by atoms with Crippen molar-refractivity contribution in [3.05, 3.63) is 53.6 Å². The van der Waals surface area contributed by atoms with E-state index in [1.54, 1.807) is 0 Å². The maximum Gasteiger partial charge on any atom is 0.130 e. The SMILES string of the molecule is Cc1cc(CC(C)N)ccc1Oc1cccc(N(C)C)c1. The summed E-state index contributed by atoms with van der Waals surface area (Å²) in [6.07, 6.45) is 0.886. The van der Waals surface area contributed by atoms with Crippen molar-refractivity contribution in [2.45, 2.75) is 26.3 Å². The topological polar surface area (TPSA) is 38.5 Å². The predicted octanol–water partition coefficient (Wildman–Crippen LogP) is 3.74. The van der Waals surface area contributed by atoms with Crippen LogP contribution in [0.15, 0.2) is 42.5 Å². The van der Waals surface area contributed by atoms with Crippen LogP contribution in [0.5, 0.6) is 11.5 Å². The summed E-state index contributed by atoms with van der Waals surface area (Å²) in [7, 11) is 4.04. The number of benzene rings is 2. The number of ether oxygens (including phenoxy) is 1. The Balaban J connectivity index is 2.18. The van der Waals surface area contributed by atoms with Crippen molar-refractivity contribution in [3.63, 3.8) is 0 Å². The molecule has 0 spiro atoms. The van der Waals surface area contributed by atoms with E-state index in [4.69, 9.17) is 10.5 Å². The van der Waals surface area contributed by atoms with E-state index >= 15 is 0 Å². The zero-order valence-electron chi connectivity index (χ0n) is 13.3. The second-order valence-corrected chi connectivity index (χ2v) is 5.78. The van der Waals surface area contributed by atoms with Gasteiger partial charge in [0.1, 0.15) is 11.5 Å². The zero-order valence-corrected chi connectivity index (χ0v) is 13.3. The summed E-state index contributed by atoms with van der Waals surface area (Å²) >= 11 is 0. The van der Waals surface area contributed by atoms with Gasteiger partial charge in [-0.25, -0.2) is 0 Å². The van der Waals surface area contributed by atoms with Gasteiger partial charge in [0.05, 0.1) is 0 Å². The van der Waals surface area contributed by atoms with Crippen LogP contribution in [0.25, 0.3) is 0 Å². The molecule has 3 nitrogen and oxygen atoms in total. The van der Waals surface area contributed by atoms with Crippen LogP contribution in [0.1, 0.15) is 18.1 Å². The molecule has 0 aliphatic carbocycles. The van der Waals surface area contributed by atoms with Crippen LogP contribution in [0.3, 0.4) is 0 Å². The highest BCUT2D eigenvalue weighted by Gasteiger charge is 2.05. The van der Waals surface area contributed by atoms with Crippen LogP contribution < -0.4 is 15.4 Å².